The normalized spacial score (nSPS) is 11.1. The highest BCUT2D eigenvalue weighted by atomic mass is 16.5. The van der Waals surface area contributed by atoms with E-state index in [1.165, 1.54) is 84.2 Å². The predicted molar refractivity (Wildman–Crippen MR) is 91.5 cm³/mol. The molecule has 2 nitrogen and oxygen atoms in total. The second kappa shape index (κ2) is 17.3. The molecule has 0 unspecified atom stereocenters. The number of esters is 1. The summed E-state index contributed by atoms with van der Waals surface area (Å²) in [5.41, 5.74) is 0. The maximum atomic E-state index is 10.9. The molecule has 0 aromatic carbocycles. The molecule has 0 saturated heterocycles. The third-order valence-electron chi connectivity index (χ3n) is 3.85. The Morgan fingerprint density at radius 1 is 0.762 bits per heavy atom. The molecule has 0 spiro atoms. The average Bonchev–Trinajstić information content (AvgIpc) is 2.50. The quantitative estimate of drug-likeness (QED) is 0.204. The number of rotatable bonds is 15. The van der Waals surface area contributed by atoms with Crippen LogP contribution in [0.2, 0.25) is 0 Å². The molecule has 0 saturated carbocycles. The number of carbonyl (C=O) groups excluding carboxylic acids is 1. The SMILES string of the molecule is CCC/C=C/CCCCCCCCCCCCC(=O)OC. The van der Waals surface area contributed by atoms with E-state index in [0.29, 0.717) is 6.42 Å². The zero-order valence-corrected chi connectivity index (χ0v) is 14.4. The fourth-order valence-electron chi connectivity index (χ4n) is 2.45. The molecule has 2 heteroatoms. The first kappa shape index (κ1) is 20.2. The van der Waals surface area contributed by atoms with Crippen LogP contribution < -0.4 is 0 Å². The fourth-order valence-corrected chi connectivity index (χ4v) is 2.45. The highest BCUT2D eigenvalue weighted by Crippen LogP contribution is 2.12. The van der Waals surface area contributed by atoms with Crippen LogP contribution in [0.5, 0.6) is 0 Å². The highest BCUT2D eigenvalue weighted by molar-refractivity contribution is 5.68. The predicted octanol–water partition coefficient (Wildman–Crippen LogP) is 6.20. The van der Waals surface area contributed by atoms with Crippen LogP contribution in [0.25, 0.3) is 0 Å². The van der Waals surface area contributed by atoms with E-state index in [4.69, 9.17) is 0 Å². The number of ether oxygens (including phenoxy) is 1. The Kier molecular flexibility index (Phi) is 16.6. The van der Waals surface area contributed by atoms with E-state index in [1.807, 2.05) is 0 Å². The molecule has 0 aliphatic heterocycles. The van der Waals surface area contributed by atoms with Crippen molar-refractivity contribution in [2.24, 2.45) is 0 Å². The molecule has 0 N–H and O–H groups in total. The summed E-state index contributed by atoms with van der Waals surface area (Å²) in [4.78, 5) is 10.9. The first-order chi connectivity index (χ1) is 10.3. The van der Waals surface area contributed by atoms with Crippen molar-refractivity contribution in [1.82, 2.24) is 0 Å². The van der Waals surface area contributed by atoms with Crippen molar-refractivity contribution in [2.45, 2.75) is 96.8 Å². The molecule has 0 amide bonds. The van der Waals surface area contributed by atoms with Gasteiger partial charge < -0.3 is 4.74 Å². The van der Waals surface area contributed by atoms with E-state index in [1.54, 1.807) is 0 Å². The van der Waals surface area contributed by atoms with Crippen molar-refractivity contribution in [2.75, 3.05) is 7.11 Å². The van der Waals surface area contributed by atoms with E-state index in [9.17, 15) is 4.79 Å². The molecule has 0 fully saturated rings. The molecular weight excluding hydrogens is 260 g/mol. The van der Waals surface area contributed by atoms with E-state index < -0.39 is 0 Å². The minimum atomic E-state index is -0.0699. The van der Waals surface area contributed by atoms with E-state index in [2.05, 4.69) is 23.8 Å². The Labute approximate surface area is 132 Å². The van der Waals surface area contributed by atoms with Crippen molar-refractivity contribution in [3.63, 3.8) is 0 Å². The van der Waals surface area contributed by atoms with Gasteiger partial charge in [-0.05, 0) is 25.7 Å². The number of allylic oxidation sites excluding steroid dienone is 2. The smallest absolute Gasteiger partial charge is 0.305 e. The molecule has 124 valence electrons. The fraction of sp³-hybridized carbons (Fsp3) is 0.842. The Hall–Kier alpha value is -0.790. The van der Waals surface area contributed by atoms with Crippen molar-refractivity contribution in [3.8, 4) is 0 Å². The minimum Gasteiger partial charge on any atom is -0.469 e. The largest absolute Gasteiger partial charge is 0.469 e. The summed E-state index contributed by atoms with van der Waals surface area (Å²) in [7, 11) is 1.46. The second-order valence-electron chi connectivity index (χ2n) is 5.91. The Morgan fingerprint density at radius 3 is 1.76 bits per heavy atom. The summed E-state index contributed by atoms with van der Waals surface area (Å²) in [5, 5.41) is 0. The average molecular weight is 296 g/mol. The van der Waals surface area contributed by atoms with Gasteiger partial charge in [-0.1, -0.05) is 76.9 Å². The molecule has 0 aliphatic rings. The van der Waals surface area contributed by atoms with Gasteiger partial charge in [0.15, 0.2) is 0 Å². The van der Waals surface area contributed by atoms with Gasteiger partial charge in [0.05, 0.1) is 7.11 Å². The van der Waals surface area contributed by atoms with Gasteiger partial charge in [0.1, 0.15) is 0 Å². The molecule has 0 heterocycles. The number of hydrogen-bond acceptors (Lipinski definition) is 2. The third-order valence-corrected chi connectivity index (χ3v) is 3.85. The van der Waals surface area contributed by atoms with E-state index >= 15 is 0 Å². The summed E-state index contributed by atoms with van der Waals surface area (Å²) in [6.45, 7) is 2.23. The topological polar surface area (TPSA) is 26.3 Å². The van der Waals surface area contributed by atoms with E-state index in [0.717, 1.165) is 6.42 Å². The van der Waals surface area contributed by atoms with Gasteiger partial charge in [-0.25, -0.2) is 0 Å². The van der Waals surface area contributed by atoms with Crippen LogP contribution in [0.3, 0.4) is 0 Å². The van der Waals surface area contributed by atoms with Crippen molar-refractivity contribution in [1.29, 1.82) is 0 Å². The summed E-state index contributed by atoms with van der Waals surface area (Å²) in [6, 6.07) is 0. The third kappa shape index (κ3) is 17.2. The second-order valence-corrected chi connectivity index (χ2v) is 5.91. The molecule has 0 atom stereocenters. The summed E-state index contributed by atoms with van der Waals surface area (Å²) < 4.78 is 4.63. The van der Waals surface area contributed by atoms with Gasteiger partial charge in [0, 0.05) is 6.42 Å². The zero-order valence-electron chi connectivity index (χ0n) is 14.4. The van der Waals surface area contributed by atoms with Gasteiger partial charge in [-0.3, -0.25) is 4.79 Å². The maximum Gasteiger partial charge on any atom is 0.305 e. The lowest BCUT2D eigenvalue weighted by Gasteiger charge is -2.02. The van der Waals surface area contributed by atoms with Crippen LogP contribution in [-0.2, 0) is 9.53 Å². The van der Waals surface area contributed by atoms with Gasteiger partial charge in [-0.15, -0.1) is 0 Å². The molecule has 0 bridgehead atoms. The molecule has 0 aromatic heterocycles. The summed E-state index contributed by atoms with van der Waals surface area (Å²) in [5.74, 6) is -0.0699. The summed E-state index contributed by atoms with van der Waals surface area (Å²) in [6.07, 6.45) is 22.0. The zero-order chi connectivity index (χ0) is 15.6. The highest BCUT2D eigenvalue weighted by Gasteiger charge is 1.99. The number of hydrogen-bond donors (Lipinski definition) is 0. The van der Waals surface area contributed by atoms with Crippen molar-refractivity contribution < 1.29 is 9.53 Å². The molecular formula is C19H36O2. The Balaban J connectivity index is 3.04. The number of carbonyl (C=O) groups is 1. The lowest BCUT2D eigenvalue weighted by Crippen LogP contribution is -1.99. The Bertz CT molecular complexity index is 246. The minimum absolute atomic E-state index is 0.0699. The van der Waals surface area contributed by atoms with Crippen LogP contribution in [0, 0.1) is 0 Å². The van der Waals surface area contributed by atoms with Gasteiger partial charge in [0.2, 0.25) is 0 Å². The number of methoxy groups -OCH3 is 1. The molecule has 0 rings (SSSR count). The number of unbranched alkanes of at least 4 members (excludes halogenated alkanes) is 11. The summed E-state index contributed by atoms with van der Waals surface area (Å²) >= 11 is 0. The van der Waals surface area contributed by atoms with Gasteiger partial charge in [-0.2, -0.15) is 0 Å². The lowest BCUT2D eigenvalue weighted by atomic mass is 10.1. The van der Waals surface area contributed by atoms with E-state index in [-0.39, 0.29) is 5.97 Å². The van der Waals surface area contributed by atoms with Crippen molar-refractivity contribution in [3.05, 3.63) is 12.2 Å². The Morgan fingerprint density at radius 2 is 1.24 bits per heavy atom. The monoisotopic (exact) mass is 296 g/mol. The molecule has 0 aromatic rings. The van der Waals surface area contributed by atoms with Crippen LogP contribution in [0.4, 0.5) is 0 Å². The van der Waals surface area contributed by atoms with Crippen LogP contribution >= 0.6 is 0 Å². The maximum absolute atomic E-state index is 10.9. The first-order valence-corrected chi connectivity index (χ1v) is 9.03. The van der Waals surface area contributed by atoms with Crippen LogP contribution in [0.15, 0.2) is 12.2 Å². The van der Waals surface area contributed by atoms with Gasteiger partial charge >= 0.3 is 5.97 Å². The molecule has 21 heavy (non-hydrogen) atoms. The molecule has 0 aliphatic carbocycles. The molecule has 0 radical (unpaired) electrons. The standard InChI is InChI=1S/C19H36O2/c1-3-4-5-6-7-8-9-10-11-12-13-14-15-16-17-18-19(20)21-2/h5-6H,3-4,7-18H2,1-2H3/b6-5+. The van der Waals surface area contributed by atoms with Crippen molar-refractivity contribution >= 4 is 5.97 Å². The van der Waals surface area contributed by atoms with Gasteiger partial charge in [0.25, 0.3) is 0 Å². The lowest BCUT2D eigenvalue weighted by molar-refractivity contribution is -0.140. The van der Waals surface area contributed by atoms with Crippen LogP contribution in [0.1, 0.15) is 96.8 Å². The first-order valence-electron chi connectivity index (χ1n) is 9.03. The van der Waals surface area contributed by atoms with Crippen LogP contribution in [-0.4, -0.2) is 13.1 Å².